The molecule has 140 valence electrons. The number of nitrogens with one attached hydrogen (secondary N) is 1. The van der Waals surface area contributed by atoms with Gasteiger partial charge in [-0.15, -0.1) is 0 Å². The molecule has 2 aromatic carbocycles. The molecule has 0 aromatic heterocycles. The van der Waals surface area contributed by atoms with E-state index in [-0.39, 0.29) is 47.0 Å². The molecule has 28 heavy (non-hydrogen) atoms. The van der Waals surface area contributed by atoms with Gasteiger partial charge in [0.15, 0.2) is 0 Å². The minimum atomic E-state index is -0.478. The van der Waals surface area contributed by atoms with E-state index >= 15 is 0 Å². The van der Waals surface area contributed by atoms with E-state index in [1.54, 1.807) is 12.1 Å². The number of imide groups is 2. The van der Waals surface area contributed by atoms with Crippen molar-refractivity contribution in [2.45, 2.75) is 12.8 Å². The molecule has 2 heterocycles. The lowest BCUT2D eigenvalue weighted by molar-refractivity contribution is -0.121. The quantitative estimate of drug-likeness (QED) is 0.822. The molecular formula is C20H15N3O5. The van der Waals surface area contributed by atoms with Crippen LogP contribution in [0, 0.1) is 0 Å². The van der Waals surface area contributed by atoms with Crippen molar-refractivity contribution in [3.8, 4) is 0 Å². The Labute approximate surface area is 159 Å². The Morgan fingerprint density at radius 1 is 0.893 bits per heavy atom. The van der Waals surface area contributed by atoms with E-state index in [1.807, 2.05) is 0 Å². The number of benzene rings is 2. The zero-order chi connectivity index (χ0) is 20.0. The lowest BCUT2D eigenvalue weighted by atomic mass is 10.1. The molecule has 4 rings (SSSR count). The third-order valence-electron chi connectivity index (χ3n) is 4.81. The highest BCUT2D eigenvalue weighted by atomic mass is 16.2. The molecule has 1 N–H and O–H groups in total. The Kier molecular flexibility index (Phi) is 4.03. The second-order valence-corrected chi connectivity index (χ2v) is 6.52. The van der Waals surface area contributed by atoms with E-state index < -0.39 is 17.7 Å². The van der Waals surface area contributed by atoms with Gasteiger partial charge in [0, 0.05) is 25.5 Å². The molecule has 8 nitrogen and oxygen atoms in total. The van der Waals surface area contributed by atoms with E-state index in [1.165, 1.54) is 37.4 Å². The summed E-state index contributed by atoms with van der Waals surface area (Å²) in [6, 6.07) is 10.7. The zero-order valence-electron chi connectivity index (χ0n) is 14.9. The average molecular weight is 377 g/mol. The summed E-state index contributed by atoms with van der Waals surface area (Å²) in [6.07, 6.45) is 0.364. The maximum Gasteiger partial charge on any atom is 0.263 e. The van der Waals surface area contributed by atoms with Crippen molar-refractivity contribution in [1.82, 2.24) is 4.90 Å². The van der Waals surface area contributed by atoms with Crippen molar-refractivity contribution < 1.29 is 24.0 Å². The molecule has 1 saturated heterocycles. The zero-order valence-corrected chi connectivity index (χ0v) is 14.9. The standard InChI is InChI=1S/C20H15N3O5/c1-22-19(27)13-3-2-4-14(17(13)20(22)28)21-18(26)11-5-7-12(8-6-11)23-15(24)9-10-16(23)25/h2-8H,9-10H2,1H3,(H,21,26). The first kappa shape index (κ1) is 17.6. The van der Waals surface area contributed by atoms with Crippen LogP contribution in [0.2, 0.25) is 0 Å². The second kappa shape index (κ2) is 6.41. The first-order chi connectivity index (χ1) is 13.4. The molecule has 2 aliphatic rings. The van der Waals surface area contributed by atoms with Gasteiger partial charge >= 0.3 is 0 Å². The van der Waals surface area contributed by atoms with E-state index in [0.29, 0.717) is 5.69 Å². The Balaban J connectivity index is 1.58. The van der Waals surface area contributed by atoms with Crippen LogP contribution < -0.4 is 10.2 Å². The predicted molar refractivity (Wildman–Crippen MR) is 99.0 cm³/mol. The van der Waals surface area contributed by atoms with Gasteiger partial charge in [0.1, 0.15) is 0 Å². The summed E-state index contributed by atoms with van der Waals surface area (Å²) >= 11 is 0. The summed E-state index contributed by atoms with van der Waals surface area (Å²) in [5, 5.41) is 2.65. The Hall–Kier alpha value is -3.81. The van der Waals surface area contributed by atoms with Crippen LogP contribution in [0.5, 0.6) is 0 Å². The molecule has 0 saturated carbocycles. The third kappa shape index (κ3) is 2.66. The van der Waals surface area contributed by atoms with Crippen LogP contribution >= 0.6 is 0 Å². The summed E-state index contributed by atoms with van der Waals surface area (Å²) < 4.78 is 0. The van der Waals surface area contributed by atoms with Crippen molar-refractivity contribution >= 4 is 40.9 Å². The van der Waals surface area contributed by atoms with Gasteiger partial charge in [-0.2, -0.15) is 0 Å². The number of nitrogens with zero attached hydrogens (tertiary/aromatic N) is 2. The molecule has 2 aliphatic heterocycles. The molecule has 0 atom stereocenters. The van der Waals surface area contributed by atoms with Crippen LogP contribution in [0.1, 0.15) is 43.9 Å². The number of hydrogen-bond donors (Lipinski definition) is 1. The van der Waals surface area contributed by atoms with Gasteiger partial charge in [0.25, 0.3) is 17.7 Å². The lowest BCUT2D eigenvalue weighted by Crippen LogP contribution is -2.28. The van der Waals surface area contributed by atoms with Gasteiger partial charge in [-0.3, -0.25) is 33.8 Å². The Morgan fingerprint density at radius 2 is 1.54 bits per heavy atom. The van der Waals surface area contributed by atoms with Crippen LogP contribution in [-0.4, -0.2) is 41.5 Å². The molecule has 8 heteroatoms. The topological polar surface area (TPSA) is 104 Å². The summed E-state index contributed by atoms with van der Waals surface area (Å²) in [5.41, 5.74) is 1.34. The molecule has 0 radical (unpaired) electrons. The van der Waals surface area contributed by atoms with Gasteiger partial charge in [-0.05, 0) is 36.4 Å². The second-order valence-electron chi connectivity index (χ2n) is 6.52. The van der Waals surface area contributed by atoms with Crippen molar-refractivity contribution in [2.24, 2.45) is 0 Å². The molecule has 0 bridgehead atoms. The van der Waals surface area contributed by atoms with Gasteiger partial charge in [0.2, 0.25) is 11.8 Å². The molecule has 5 amide bonds. The fraction of sp³-hybridized carbons (Fsp3) is 0.150. The molecule has 0 unspecified atom stereocenters. The first-order valence-corrected chi connectivity index (χ1v) is 8.61. The SMILES string of the molecule is CN1C(=O)c2cccc(NC(=O)c3ccc(N4C(=O)CCC4=O)cc3)c2C1=O. The highest BCUT2D eigenvalue weighted by Gasteiger charge is 2.35. The fourth-order valence-corrected chi connectivity index (χ4v) is 3.33. The summed E-state index contributed by atoms with van der Waals surface area (Å²) in [4.78, 5) is 62.6. The highest BCUT2D eigenvalue weighted by Crippen LogP contribution is 2.29. The molecule has 0 aliphatic carbocycles. The largest absolute Gasteiger partial charge is 0.321 e. The van der Waals surface area contributed by atoms with Crippen molar-refractivity contribution in [3.63, 3.8) is 0 Å². The van der Waals surface area contributed by atoms with Crippen LogP contribution in [0.25, 0.3) is 0 Å². The Bertz CT molecular complexity index is 1040. The van der Waals surface area contributed by atoms with Gasteiger partial charge < -0.3 is 5.32 Å². The van der Waals surface area contributed by atoms with Crippen LogP contribution in [0.4, 0.5) is 11.4 Å². The monoisotopic (exact) mass is 377 g/mol. The molecular weight excluding hydrogens is 362 g/mol. The predicted octanol–water partition coefficient (Wildman–Crippen LogP) is 1.82. The first-order valence-electron chi connectivity index (χ1n) is 8.61. The smallest absolute Gasteiger partial charge is 0.263 e. The fourth-order valence-electron chi connectivity index (χ4n) is 3.33. The normalized spacial score (nSPS) is 16.0. The Morgan fingerprint density at radius 3 is 2.18 bits per heavy atom. The summed E-state index contributed by atoms with van der Waals surface area (Å²) in [5.74, 6) is -1.91. The lowest BCUT2D eigenvalue weighted by Gasteiger charge is -2.14. The average Bonchev–Trinajstić information content (AvgIpc) is 3.14. The number of carbonyl (C=O) groups is 5. The molecule has 2 aromatic rings. The van der Waals surface area contributed by atoms with E-state index in [0.717, 1.165) is 9.80 Å². The van der Waals surface area contributed by atoms with Crippen LogP contribution in [0.3, 0.4) is 0 Å². The number of amides is 5. The number of carbonyl (C=O) groups excluding carboxylic acids is 5. The number of rotatable bonds is 3. The van der Waals surface area contributed by atoms with Crippen LogP contribution in [-0.2, 0) is 9.59 Å². The van der Waals surface area contributed by atoms with Gasteiger partial charge in [0.05, 0.1) is 22.5 Å². The minimum absolute atomic E-state index is 0.160. The van der Waals surface area contributed by atoms with E-state index in [2.05, 4.69) is 5.32 Å². The summed E-state index contributed by atoms with van der Waals surface area (Å²) in [6.45, 7) is 0. The van der Waals surface area contributed by atoms with Gasteiger partial charge in [-0.1, -0.05) is 6.07 Å². The number of anilines is 2. The molecule has 1 fully saturated rings. The highest BCUT2D eigenvalue weighted by molar-refractivity contribution is 6.24. The van der Waals surface area contributed by atoms with Crippen molar-refractivity contribution in [2.75, 3.05) is 17.3 Å². The number of fused-ring (bicyclic) bond motifs is 1. The van der Waals surface area contributed by atoms with E-state index in [4.69, 9.17) is 0 Å². The minimum Gasteiger partial charge on any atom is -0.321 e. The van der Waals surface area contributed by atoms with Crippen molar-refractivity contribution in [1.29, 1.82) is 0 Å². The van der Waals surface area contributed by atoms with E-state index in [9.17, 15) is 24.0 Å². The number of hydrogen-bond acceptors (Lipinski definition) is 5. The van der Waals surface area contributed by atoms with Crippen LogP contribution in [0.15, 0.2) is 42.5 Å². The third-order valence-corrected chi connectivity index (χ3v) is 4.81. The van der Waals surface area contributed by atoms with Gasteiger partial charge in [-0.25, -0.2) is 0 Å². The summed E-state index contributed by atoms with van der Waals surface area (Å²) in [7, 11) is 1.38. The molecule has 0 spiro atoms. The maximum absolute atomic E-state index is 12.6. The maximum atomic E-state index is 12.6. The van der Waals surface area contributed by atoms with Crippen molar-refractivity contribution in [3.05, 3.63) is 59.2 Å².